The SMILES string of the molecule is COc1cc(C)cc2cc(-c3cc(CNC(=O)CN)n4ncnc(N)c34)sc12.Cl.Cl. The number of benzene rings is 1. The van der Waals surface area contributed by atoms with Gasteiger partial charge in [-0.05, 0) is 36.1 Å². The Morgan fingerprint density at radius 1 is 1.27 bits per heavy atom. The zero-order valence-electron chi connectivity index (χ0n) is 16.3. The van der Waals surface area contributed by atoms with Crippen LogP contribution in [0, 0.1) is 6.92 Å². The number of fused-ring (bicyclic) bond motifs is 2. The Balaban J connectivity index is 0.00000160. The Morgan fingerprint density at radius 3 is 2.73 bits per heavy atom. The Hall–Kier alpha value is -2.59. The summed E-state index contributed by atoms with van der Waals surface area (Å²) in [6, 6.07) is 8.23. The second kappa shape index (κ2) is 9.48. The van der Waals surface area contributed by atoms with Crippen LogP contribution in [0.15, 0.2) is 30.6 Å². The van der Waals surface area contributed by atoms with E-state index in [2.05, 4.69) is 27.5 Å². The van der Waals surface area contributed by atoms with E-state index in [-0.39, 0.29) is 37.3 Å². The molecule has 160 valence electrons. The number of anilines is 1. The molecule has 3 aromatic heterocycles. The summed E-state index contributed by atoms with van der Waals surface area (Å²) < 4.78 is 8.32. The quantitative estimate of drug-likeness (QED) is 0.413. The summed E-state index contributed by atoms with van der Waals surface area (Å²) in [4.78, 5) is 16.7. The molecule has 0 aliphatic carbocycles. The lowest BCUT2D eigenvalue weighted by Gasteiger charge is -2.04. The number of aromatic nitrogens is 3. The van der Waals surface area contributed by atoms with E-state index >= 15 is 0 Å². The van der Waals surface area contributed by atoms with Crippen LogP contribution in [0.5, 0.6) is 5.75 Å². The maximum atomic E-state index is 11.6. The number of nitrogens with zero attached hydrogens (tertiary/aromatic N) is 3. The number of carbonyl (C=O) groups is 1. The normalized spacial score (nSPS) is 10.5. The smallest absolute Gasteiger partial charge is 0.234 e. The molecule has 1 aromatic carbocycles. The number of halogens is 2. The Labute approximate surface area is 189 Å². The summed E-state index contributed by atoms with van der Waals surface area (Å²) in [7, 11) is 1.67. The maximum Gasteiger partial charge on any atom is 0.234 e. The Morgan fingerprint density at radius 2 is 2.03 bits per heavy atom. The summed E-state index contributed by atoms with van der Waals surface area (Å²) in [5.41, 5.74) is 15.1. The van der Waals surface area contributed by atoms with Gasteiger partial charge in [0.25, 0.3) is 0 Å². The van der Waals surface area contributed by atoms with Gasteiger partial charge >= 0.3 is 0 Å². The monoisotopic (exact) mass is 468 g/mol. The molecule has 0 unspecified atom stereocenters. The van der Waals surface area contributed by atoms with Crippen molar-refractivity contribution in [2.45, 2.75) is 13.5 Å². The standard InChI is InChI=1S/C19H20N6O2S.2ClH/c1-10-3-11-5-15(28-18(11)14(4-10)27-2)13-6-12(8-22-16(26)7-20)25-17(13)19(21)23-9-24-25;;/h3-6,9H,7-8,20H2,1-2H3,(H,22,26)(H2,21,23,24);2*1H. The molecule has 4 rings (SSSR count). The molecule has 0 aliphatic rings. The number of nitrogen functional groups attached to an aromatic ring is 1. The summed E-state index contributed by atoms with van der Waals surface area (Å²) in [5, 5.41) is 8.19. The lowest BCUT2D eigenvalue weighted by molar-refractivity contribution is -0.119. The molecule has 1 amide bonds. The number of methoxy groups -OCH3 is 1. The number of aryl methyl sites for hydroxylation is 1. The van der Waals surface area contributed by atoms with Crippen LogP contribution in [0.2, 0.25) is 0 Å². The van der Waals surface area contributed by atoms with Crippen LogP contribution in [0.1, 0.15) is 11.3 Å². The Bertz CT molecular complexity index is 1210. The minimum absolute atomic E-state index is 0. The first kappa shape index (κ1) is 23.7. The highest BCUT2D eigenvalue weighted by Gasteiger charge is 2.18. The Kier molecular flexibility index (Phi) is 7.49. The minimum Gasteiger partial charge on any atom is -0.495 e. The molecule has 4 aromatic rings. The minimum atomic E-state index is -0.236. The van der Waals surface area contributed by atoms with Gasteiger partial charge in [-0.2, -0.15) is 5.10 Å². The molecule has 0 fully saturated rings. The molecule has 0 saturated carbocycles. The third kappa shape index (κ3) is 4.15. The molecule has 3 heterocycles. The summed E-state index contributed by atoms with van der Waals surface area (Å²) >= 11 is 1.62. The van der Waals surface area contributed by atoms with Crippen LogP contribution >= 0.6 is 36.2 Å². The highest BCUT2D eigenvalue weighted by Crippen LogP contribution is 2.42. The zero-order valence-corrected chi connectivity index (χ0v) is 18.8. The van der Waals surface area contributed by atoms with Crippen molar-refractivity contribution in [2.75, 3.05) is 19.4 Å². The second-order valence-electron chi connectivity index (χ2n) is 6.43. The van der Waals surface area contributed by atoms with Crippen molar-refractivity contribution in [3.8, 4) is 16.2 Å². The molecule has 0 atom stereocenters. The number of amides is 1. The number of hydrogen-bond donors (Lipinski definition) is 3. The molecule has 0 bridgehead atoms. The molecule has 5 N–H and O–H groups in total. The first-order valence-electron chi connectivity index (χ1n) is 8.68. The number of thiophene rings is 1. The first-order chi connectivity index (χ1) is 13.5. The first-order valence-corrected chi connectivity index (χ1v) is 9.50. The number of nitrogens with one attached hydrogen (secondary N) is 1. The lowest BCUT2D eigenvalue weighted by Crippen LogP contribution is -2.30. The maximum absolute atomic E-state index is 11.6. The van der Waals surface area contributed by atoms with Crippen molar-refractivity contribution >= 4 is 63.5 Å². The molecule has 0 spiro atoms. The summed E-state index contributed by atoms with van der Waals surface area (Å²) in [6.07, 6.45) is 1.40. The third-order valence-corrected chi connectivity index (χ3v) is 5.72. The van der Waals surface area contributed by atoms with Crippen molar-refractivity contribution in [3.05, 3.63) is 41.9 Å². The van der Waals surface area contributed by atoms with Crippen molar-refractivity contribution in [3.63, 3.8) is 0 Å². The van der Waals surface area contributed by atoms with Crippen LogP contribution in [0.25, 0.3) is 26.0 Å². The van der Waals surface area contributed by atoms with Crippen LogP contribution in [0.3, 0.4) is 0 Å². The molecule has 8 nitrogen and oxygen atoms in total. The van der Waals surface area contributed by atoms with Crippen molar-refractivity contribution in [1.82, 2.24) is 19.9 Å². The van der Waals surface area contributed by atoms with E-state index in [1.165, 1.54) is 6.33 Å². The molecule has 11 heteroatoms. The van der Waals surface area contributed by atoms with Gasteiger partial charge in [-0.3, -0.25) is 4.79 Å². The molecule has 0 radical (unpaired) electrons. The van der Waals surface area contributed by atoms with Gasteiger partial charge in [0.1, 0.15) is 17.6 Å². The van der Waals surface area contributed by atoms with Gasteiger partial charge in [0.05, 0.1) is 30.6 Å². The van der Waals surface area contributed by atoms with Crippen molar-refractivity contribution in [1.29, 1.82) is 0 Å². The van der Waals surface area contributed by atoms with Crippen molar-refractivity contribution in [2.24, 2.45) is 5.73 Å². The second-order valence-corrected chi connectivity index (χ2v) is 7.48. The number of ether oxygens (including phenoxy) is 1. The van der Waals surface area contributed by atoms with Crippen LogP contribution < -0.4 is 21.5 Å². The fourth-order valence-corrected chi connectivity index (χ4v) is 4.41. The average Bonchev–Trinajstić information content (AvgIpc) is 3.27. The van der Waals surface area contributed by atoms with Crippen LogP contribution in [-0.4, -0.2) is 34.2 Å². The topological polar surface area (TPSA) is 121 Å². The molecule has 30 heavy (non-hydrogen) atoms. The number of carbonyl (C=O) groups excluding carboxylic acids is 1. The zero-order chi connectivity index (χ0) is 19.8. The predicted octanol–water partition coefficient (Wildman–Crippen LogP) is 2.93. The summed E-state index contributed by atoms with van der Waals surface area (Å²) in [5.74, 6) is 0.983. The number of nitrogens with two attached hydrogens (primary N) is 2. The third-order valence-electron chi connectivity index (χ3n) is 4.52. The van der Waals surface area contributed by atoms with Crippen LogP contribution in [0.4, 0.5) is 5.82 Å². The fourth-order valence-electron chi connectivity index (χ4n) is 3.26. The summed E-state index contributed by atoms with van der Waals surface area (Å²) in [6.45, 7) is 2.26. The van der Waals surface area contributed by atoms with E-state index in [0.717, 1.165) is 37.5 Å². The fraction of sp³-hybridized carbons (Fsp3) is 0.211. The van der Waals surface area contributed by atoms with Gasteiger partial charge in [-0.15, -0.1) is 36.2 Å². The predicted molar refractivity (Wildman–Crippen MR) is 125 cm³/mol. The van der Waals surface area contributed by atoms with E-state index in [1.807, 2.05) is 19.1 Å². The van der Waals surface area contributed by atoms with Gasteiger partial charge in [-0.1, -0.05) is 6.07 Å². The van der Waals surface area contributed by atoms with E-state index in [1.54, 1.807) is 23.0 Å². The highest BCUT2D eigenvalue weighted by molar-refractivity contribution is 7.22. The van der Waals surface area contributed by atoms with E-state index in [4.69, 9.17) is 16.2 Å². The molecular weight excluding hydrogens is 447 g/mol. The lowest BCUT2D eigenvalue weighted by atomic mass is 10.1. The van der Waals surface area contributed by atoms with Gasteiger partial charge in [0.15, 0.2) is 5.82 Å². The van der Waals surface area contributed by atoms with E-state index < -0.39 is 0 Å². The van der Waals surface area contributed by atoms with Gasteiger partial charge in [0.2, 0.25) is 5.91 Å². The van der Waals surface area contributed by atoms with Crippen molar-refractivity contribution < 1.29 is 9.53 Å². The van der Waals surface area contributed by atoms with Gasteiger partial charge in [0, 0.05) is 10.4 Å². The molecule has 0 saturated heterocycles. The highest BCUT2D eigenvalue weighted by atomic mass is 35.5. The average molecular weight is 469 g/mol. The van der Waals surface area contributed by atoms with E-state index in [0.29, 0.717) is 17.9 Å². The van der Waals surface area contributed by atoms with Crippen LogP contribution in [-0.2, 0) is 11.3 Å². The molecule has 0 aliphatic heterocycles. The van der Waals surface area contributed by atoms with E-state index in [9.17, 15) is 4.79 Å². The number of hydrogen-bond acceptors (Lipinski definition) is 7. The van der Waals surface area contributed by atoms with Gasteiger partial charge < -0.3 is 21.5 Å². The molecular formula is C19H22Cl2N6O2S. The van der Waals surface area contributed by atoms with Gasteiger partial charge in [-0.25, -0.2) is 9.50 Å². The number of rotatable bonds is 5. The largest absolute Gasteiger partial charge is 0.495 e.